The molecule has 94 valence electrons. The second kappa shape index (κ2) is 5.79. The van der Waals surface area contributed by atoms with E-state index < -0.39 is 0 Å². The van der Waals surface area contributed by atoms with Gasteiger partial charge in [-0.25, -0.2) is 4.39 Å². The predicted octanol–water partition coefficient (Wildman–Crippen LogP) is 5.40. The molecule has 5 heteroatoms. The Balaban J connectivity index is 2.19. The van der Waals surface area contributed by atoms with Crippen LogP contribution >= 0.6 is 34.8 Å². The summed E-state index contributed by atoms with van der Waals surface area (Å²) in [6.45, 7) is 0.299. The molecule has 0 radical (unpaired) electrons. The molecule has 0 amide bonds. The summed E-state index contributed by atoms with van der Waals surface area (Å²) in [6, 6.07) is 9.67. The number of hydrogen-bond acceptors (Lipinski definition) is 1. The van der Waals surface area contributed by atoms with Gasteiger partial charge in [0, 0.05) is 17.1 Å². The fraction of sp³-hybridized carbons (Fsp3) is 0.0769. The first-order valence-corrected chi connectivity index (χ1v) is 6.33. The second-order valence-electron chi connectivity index (χ2n) is 3.69. The molecule has 18 heavy (non-hydrogen) atoms. The molecule has 2 rings (SSSR count). The Morgan fingerprint density at radius 2 is 1.61 bits per heavy atom. The molecule has 0 saturated carbocycles. The molecule has 0 spiro atoms. The van der Waals surface area contributed by atoms with E-state index in [1.807, 2.05) is 0 Å². The molecule has 0 fully saturated rings. The number of benzene rings is 2. The maximum absolute atomic E-state index is 13.4. The summed E-state index contributed by atoms with van der Waals surface area (Å²) < 4.78 is 13.4. The number of nitrogens with one attached hydrogen (secondary N) is 1. The molecule has 0 bridgehead atoms. The highest BCUT2D eigenvalue weighted by Gasteiger charge is 2.08. The predicted molar refractivity (Wildman–Crippen MR) is 75.2 cm³/mol. The van der Waals surface area contributed by atoms with Crippen LogP contribution in [0.5, 0.6) is 0 Å². The Labute approximate surface area is 119 Å². The third-order valence-corrected chi connectivity index (χ3v) is 3.23. The zero-order chi connectivity index (χ0) is 13.1. The summed E-state index contributed by atoms with van der Waals surface area (Å²) >= 11 is 17.8. The van der Waals surface area contributed by atoms with Crippen LogP contribution in [-0.2, 0) is 6.54 Å². The summed E-state index contributed by atoms with van der Waals surface area (Å²) in [4.78, 5) is 0. The van der Waals surface area contributed by atoms with E-state index in [2.05, 4.69) is 5.32 Å². The van der Waals surface area contributed by atoms with Gasteiger partial charge in [-0.2, -0.15) is 0 Å². The highest BCUT2D eigenvalue weighted by atomic mass is 35.5. The van der Waals surface area contributed by atoms with Gasteiger partial charge in [0.1, 0.15) is 5.82 Å². The van der Waals surface area contributed by atoms with E-state index in [0.29, 0.717) is 32.9 Å². The Kier molecular flexibility index (Phi) is 4.33. The van der Waals surface area contributed by atoms with Crippen molar-refractivity contribution in [2.45, 2.75) is 6.54 Å². The SMILES string of the molecule is Fc1ccccc1CNc1c(Cl)cc(Cl)cc1Cl. The van der Waals surface area contributed by atoms with Crippen molar-refractivity contribution in [1.82, 2.24) is 0 Å². The number of anilines is 1. The van der Waals surface area contributed by atoms with Gasteiger partial charge in [-0.3, -0.25) is 0 Å². The average molecular weight is 305 g/mol. The van der Waals surface area contributed by atoms with Crippen LogP contribution in [-0.4, -0.2) is 0 Å². The molecular formula is C13H9Cl3FN. The van der Waals surface area contributed by atoms with E-state index in [1.54, 1.807) is 30.3 Å². The van der Waals surface area contributed by atoms with Crippen LogP contribution < -0.4 is 5.32 Å². The Morgan fingerprint density at radius 1 is 1.00 bits per heavy atom. The molecule has 0 aliphatic heterocycles. The van der Waals surface area contributed by atoms with Crippen LogP contribution in [0.25, 0.3) is 0 Å². The van der Waals surface area contributed by atoms with Gasteiger partial charge in [0.05, 0.1) is 15.7 Å². The van der Waals surface area contributed by atoms with Gasteiger partial charge in [-0.05, 0) is 18.2 Å². The minimum Gasteiger partial charge on any atom is -0.378 e. The van der Waals surface area contributed by atoms with Crippen LogP contribution in [0, 0.1) is 5.82 Å². The summed E-state index contributed by atoms with van der Waals surface area (Å²) in [5.74, 6) is -0.272. The molecular weight excluding hydrogens is 296 g/mol. The molecule has 2 aromatic rings. The largest absolute Gasteiger partial charge is 0.378 e. The Morgan fingerprint density at radius 3 is 2.22 bits per heavy atom. The van der Waals surface area contributed by atoms with Crippen LogP contribution in [0.3, 0.4) is 0 Å². The maximum Gasteiger partial charge on any atom is 0.128 e. The van der Waals surface area contributed by atoms with E-state index in [9.17, 15) is 4.39 Å². The third-order valence-electron chi connectivity index (χ3n) is 2.42. The first-order valence-electron chi connectivity index (χ1n) is 5.20. The lowest BCUT2D eigenvalue weighted by molar-refractivity contribution is 0.613. The molecule has 0 saturated heterocycles. The van der Waals surface area contributed by atoms with Gasteiger partial charge < -0.3 is 5.32 Å². The average Bonchev–Trinajstić information content (AvgIpc) is 2.30. The lowest BCUT2D eigenvalue weighted by Gasteiger charge is -2.11. The van der Waals surface area contributed by atoms with Crippen molar-refractivity contribution in [3.05, 3.63) is 62.8 Å². The molecule has 0 aliphatic rings. The highest BCUT2D eigenvalue weighted by molar-refractivity contribution is 6.41. The van der Waals surface area contributed by atoms with E-state index >= 15 is 0 Å². The molecule has 0 atom stereocenters. The summed E-state index contributed by atoms with van der Waals surface area (Å²) in [6.07, 6.45) is 0. The topological polar surface area (TPSA) is 12.0 Å². The summed E-state index contributed by atoms with van der Waals surface area (Å²) in [5.41, 5.74) is 1.09. The van der Waals surface area contributed by atoms with Crippen molar-refractivity contribution in [2.24, 2.45) is 0 Å². The minimum atomic E-state index is -0.272. The van der Waals surface area contributed by atoms with Crippen LogP contribution in [0.15, 0.2) is 36.4 Å². The second-order valence-corrected chi connectivity index (χ2v) is 4.94. The highest BCUT2D eigenvalue weighted by Crippen LogP contribution is 2.33. The minimum absolute atomic E-state index is 0.272. The molecule has 1 N–H and O–H groups in total. The number of hydrogen-bond donors (Lipinski definition) is 1. The third kappa shape index (κ3) is 3.08. The van der Waals surface area contributed by atoms with Gasteiger partial charge in [-0.1, -0.05) is 53.0 Å². The first-order chi connectivity index (χ1) is 8.58. The van der Waals surface area contributed by atoms with Crippen molar-refractivity contribution in [3.8, 4) is 0 Å². The van der Waals surface area contributed by atoms with Crippen molar-refractivity contribution >= 4 is 40.5 Å². The fourth-order valence-electron chi connectivity index (χ4n) is 1.54. The van der Waals surface area contributed by atoms with E-state index in [0.717, 1.165) is 0 Å². The lowest BCUT2D eigenvalue weighted by atomic mass is 10.2. The summed E-state index contributed by atoms with van der Waals surface area (Å²) in [7, 11) is 0. The smallest absolute Gasteiger partial charge is 0.128 e. The lowest BCUT2D eigenvalue weighted by Crippen LogP contribution is -2.02. The van der Waals surface area contributed by atoms with Gasteiger partial charge >= 0.3 is 0 Å². The summed E-state index contributed by atoms with van der Waals surface area (Å²) in [5, 5.41) is 4.28. The zero-order valence-electron chi connectivity index (χ0n) is 9.18. The molecule has 2 aromatic carbocycles. The van der Waals surface area contributed by atoms with Crippen LogP contribution in [0.4, 0.5) is 10.1 Å². The van der Waals surface area contributed by atoms with Crippen molar-refractivity contribution in [1.29, 1.82) is 0 Å². The maximum atomic E-state index is 13.4. The van der Waals surface area contributed by atoms with E-state index in [-0.39, 0.29) is 5.82 Å². The van der Waals surface area contributed by atoms with Gasteiger partial charge in [0.2, 0.25) is 0 Å². The quantitative estimate of drug-likeness (QED) is 0.800. The molecule has 0 aromatic heterocycles. The van der Waals surface area contributed by atoms with Crippen molar-refractivity contribution in [3.63, 3.8) is 0 Å². The van der Waals surface area contributed by atoms with Gasteiger partial charge in [-0.15, -0.1) is 0 Å². The van der Waals surface area contributed by atoms with Gasteiger partial charge in [0.25, 0.3) is 0 Å². The molecule has 0 heterocycles. The standard InChI is InChI=1S/C13H9Cl3FN/c14-9-5-10(15)13(11(16)6-9)18-7-8-3-1-2-4-12(8)17/h1-6,18H,7H2. The molecule has 0 aliphatic carbocycles. The fourth-order valence-corrected chi connectivity index (χ4v) is 2.49. The monoisotopic (exact) mass is 303 g/mol. The molecule has 0 unspecified atom stereocenters. The van der Waals surface area contributed by atoms with Crippen molar-refractivity contribution in [2.75, 3.05) is 5.32 Å². The first kappa shape index (κ1) is 13.5. The Hall–Kier alpha value is -0.960. The number of rotatable bonds is 3. The number of halogens is 4. The zero-order valence-corrected chi connectivity index (χ0v) is 11.5. The van der Waals surface area contributed by atoms with Crippen LogP contribution in [0.2, 0.25) is 15.1 Å². The van der Waals surface area contributed by atoms with E-state index in [4.69, 9.17) is 34.8 Å². The van der Waals surface area contributed by atoms with Crippen molar-refractivity contribution < 1.29 is 4.39 Å². The Bertz CT molecular complexity index is 549. The van der Waals surface area contributed by atoms with Crippen LogP contribution in [0.1, 0.15) is 5.56 Å². The molecule has 1 nitrogen and oxygen atoms in total. The normalized spacial score (nSPS) is 10.4. The van der Waals surface area contributed by atoms with Gasteiger partial charge in [0.15, 0.2) is 0 Å². The van der Waals surface area contributed by atoms with E-state index in [1.165, 1.54) is 6.07 Å².